The molecule has 0 saturated heterocycles. The lowest BCUT2D eigenvalue weighted by Gasteiger charge is -2.14. The van der Waals surface area contributed by atoms with Gasteiger partial charge in [0.25, 0.3) is 0 Å². The highest BCUT2D eigenvalue weighted by Gasteiger charge is 2.03. The van der Waals surface area contributed by atoms with E-state index in [2.05, 4.69) is 24.3 Å². The third-order valence-electron chi connectivity index (χ3n) is 2.67. The first-order chi connectivity index (χ1) is 9.25. The van der Waals surface area contributed by atoms with Gasteiger partial charge in [-0.2, -0.15) is 0 Å². The summed E-state index contributed by atoms with van der Waals surface area (Å²) in [6.45, 7) is 0.579. The van der Waals surface area contributed by atoms with Crippen LogP contribution in [0.25, 0.3) is 5.76 Å². The van der Waals surface area contributed by atoms with E-state index in [4.69, 9.17) is 4.74 Å². The Labute approximate surface area is 114 Å². The molecule has 0 heterocycles. The minimum atomic E-state index is 0.579. The van der Waals surface area contributed by atoms with Gasteiger partial charge in [-0.1, -0.05) is 60.7 Å². The normalized spacial score (nSPS) is 11.2. The maximum absolute atomic E-state index is 5.94. The van der Waals surface area contributed by atoms with E-state index < -0.39 is 0 Å². The van der Waals surface area contributed by atoms with Gasteiger partial charge in [-0.05, 0) is 5.56 Å². The Bertz CT molecular complexity index is 517. The van der Waals surface area contributed by atoms with Gasteiger partial charge in [-0.3, -0.25) is 0 Å². The molecular weight excluding hydrogens is 234 g/mol. The number of benzene rings is 2. The van der Waals surface area contributed by atoms with Crippen LogP contribution in [0.4, 0.5) is 0 Å². The van der Waals surface area contributed by atoms with Gasteiger partial charge in [0.2, 0.25) is 0 Å². The van der Waals surface area contributed by atoms with Crippen molar-refractivity contribution in [1.29, 1.82) is 0 Å². The van der Waals surface area contributed by atoms with Crippen LogP contribution in [0.5, 0.6) is 0 Å². The minimum absolute atomic E-state index is 0.579. The summed E-state index contributed by atoms with van der Waals surface area (Å²) < 4.78 is 5.94. The molecule has 0 aliphatic rings. The predicted molar refractivity (Wildman–Crippen MR) is 79.3 cm³/mol. The fourth-order valence-electron chi connectivity index (χ4n) is 1.77. The molecule has 0 aliphatic carbocycles. The van der Waals surface area contributed by atoms with Crippen molar-refractivity contribution in [1.82, 2.24) is 4.90 Å². The van der Waals surface area contributed by atoms with E-state index in [9.17, 15) is 0 Å². The summed E-state index contributed by atoms with van der Waals surface area (Å²) in [6.07, 6.45) is 2.00. The van der Waals surface area contributed by atoms with Crippen LogP contribution in [0, 0.1) is 0 Å². The Morgan fingerprint density at radius 3 is 2.11 bits per heavy atom. The second kappa shape index (κ2) is 6.64. The molecule has 0 N–H and O–H groups in total. The molecule has 2 heteroatoms. The SMILES string of the molecule is CN(C)/C=C(\OCc1ccccc1)c1ccccc1. The van der Waals surface area contributed by atoms with Crippen molar-refractivity contribution < 1.29 is 4.74 Å². The van der Waals surface area contributed by atoms with E-state index in [1.165, 1.54) is 5.56 Å². The standard InChI is InChI=1S/C17H19NO/c1-18(2)13-17(16-11-7-4-8-12-16)19-14-15-9-5-3-6-10-15/h3-13H,14H2,1-2H3/b17-13-. The summed E-state index contributed by atoms with van der Waals surface area (Å²) in [4.78, 5) is 1.99. The van der Waals surface area contributed by atoms with Crippen LogP contribution in [0.1, 0.15) is 11.1 Å². The van der Waals surface area contributed by atoms with Crippen molar-refractivity contribution in [2.75, 3.05) is 14.1 Å². The van der Waals surface area contributed by atoms with Crippen molar-refractivity contribution in [2.45, 2.75) is 6.61 Å². The van der Waals surface area contributed by atoms with E-state index in [1.807, 2.05) is 61.6 Å². The fraction of sp³-hybridized carbons (Fsp3) is 0.176. The molecule has 0 unspecified atom stereocenters. The predicted octanol–water partition coefficient (Wildman–Crippen LogP) is 3.76. The van der Waals surface area contributed by atoms with Gasteiger partial charge in [0.1, 0.15) is 12.4 Å². The number of nitrogens with zero attached hydrogens (tertiary/aromatic N) is 1. The van der Waals surface area contributed by atoms with E-state index in [0.29, 0.717) is 6.61 Å². The summed E-state index contributed by atoms with van der Waals surface area (Å²) in [6, 6.07) is 20.4. The Balaban J connectivity index is 2.12. The molecule has 98 valence electrons. The highest BCUT2D eigenvalue weighted by atomic mass is 16.5. The van der Waals surface area contributed by atoms with Crippen molar-refractivity contribution in [3.05, 3.63) is 78.0 Å². The molecule has 0 amide bonds. The second-order valence-corrected chi connectivity index (χ2v) is 4.60. The van der Waals surface area contributed by atoms with Gasteiger partial charge in [-0.25, -0.2) is 0 Å². The number of ether oxygens (including phenoxy) is 1. The van der Waals surface area contributed by atoms with Gasteiger partial charge < -0.3 is 9.64 Å². The van der Waals surface area contributed by atoms with Gasteiger partial charge in [0, 0.05) is 25.9 Å². The Morgan fingerprint density at radius 1 is 0.947 bits per heavy atom. The summed E-state index contributed by atoms with van der Waals surface area (Å²) >= 11 is 0. The summed E-state index contributed by atoms with van der Waals surface area (Å²) in [5, 5.41) is 0. The zero-order valence-corrected chi connectivity index (χ0v) is 11.4. The molecule has 2 nitrogen and oxygen atoms in total. The average molecular weight is 253 g/mol. The zero-order chi connectivity index (χ0) is 13.5. The zero-order valence-electron chi connectivity index (χ0n) is 11.4. The van der Waals surface area contributed by atoms with E-state index in [-0.39, 0.29) is 0 Å². The molecule has 0 aromatic heterocycles. The first-order valence-electron chi connectivity index (χ1n) is 6.36. The van der Waals surface area contributed by atoms with E-state index in [0.717, 1.165) is 11.3 Å². The molecule has 0 fully saturated rings. The van der Waals surface area contributed by atoms with Crippen LogP contribution in [0.2, 0.25) is 0 Å². The maximum Gasteiger partial charge on any atom is 0.142 e. The van der Waals surface area contributed by atoms with Crippen molar-refractivity contribution in [2.24, 2.45) is 0 Å². The van der Waals surface area contributed by atoms with Crippen LogP contribution in [-0.4, -0.2) is 19.0 Å². The summed E-state index contributed by atoms with van der Waals surface area (Å²) in [7, 11) is 3.99. The fourth-order valence-corrected chi connectivity index (χ4v) is 1.77. The smallest absolute Gasteiger partial charge is 0.142 e. The first kappa shape index (κ1) is 13.2. The van der Waals surface area contributed by atoms with Crippen LogP contribution in [-0.2, 0) is 11.3 Å². The molecule has 0 saturated carbocycles. The molecule has 0 bridgehead atoms. The quantitative estimate of drug-likeness (QED) is 0.752. The average Bonchev–Trinajstić information content (AvgIpc) is 2.45. The molecule has 2 aromatic rings. The largest absolute Gasteiger partial charge is 0.487 e. The topological polar surface area (TPSA) is 12.5 Å². The molecule has 0 spiro atoms. The lowest BCUT2D eigenvalue weighted by Crippen LogP contribution is -2.04. The first-order valence-corrected chi connectivity index (χ1v) is 6.36. The molecule has 2 aromatic carbocycles. The van der Waals surface area contributed by atoms with Crippen LogP contribution in [0.15, 0.2) is 66.9 Å². The number of rotatable bonds is 5. The Kier molecular flexibility index (Phi) is 4.62. The summed E-state index contributed by atoms with van der Waals surface area (Å²) in [5.41, 5.74) is 2.26. The molecular formula is C17H19NO. The molecule has 2 rings (SSSR count). The lowest BCUT2D eigenvalue weighted by molar-refractivity contribution is 0.259. The van der Waals surface area contributed by atoms with Crippen molar-refractivity contribution in [3.8, 4) is 0 Å². The highest BCUT2D eigenvalue weighted by molar-refractivity contribution is 5.59. The molecule has 0 atom stereocenters. The maximum atomic E-state index is 5.94. The molecule has 0 aliphatic heterocycles. The number of hydrogen-bond acceptors (Lipinski definition) is 2. The van der Waals surface area contributed by atoms with Crippen molar-refractivity contribution in [3.63, 3.8) is 0 Å². The van der Waals surface area contributed by atoms with Gasteiger partial charge in [-0.15, -0.1) is 0 Å². The third kappa shape index (κ3) is 4.18. The van der Waals surface area contributed by atoms with E-state index in [1.54, 1.807) is 0 Å². The lowest BCUT2D eigenvalue weighted by atomic mass is 10.2. The Morgan fingerprint density at radius 2 is 1.53 bits per heavy atom. The van der Waals surface area contributed by atoms with Crippen LogP contribution < -0.4 is 0 Å². The summed E-state index contributed by atoms with van der Waals surface area (Å²) in [5.74, 6) is 0.884. The Hall–Kier alpha value is -2.22. The second-order valence-electron chi connectivity index (χ2n) is 4.60. The van der Waals surface area contributed by atoms with Gasteiger partial charge in [0.05, 0.1) is 0 Å². The number of hydrogen-bond donors (Lipinski definition) is 0. The molecule has 0 radical (unpaired) electrons. The van der Waals surface area contributed by atoms with Crippen molar-refractivity contribution >= 4 is 5.76 Å². The van der Waals surface area contributed by atoms with Crippen LogP contribution >= 0.6 is 0 Å². The monoisotopic (exact) mass is 253 g/mol. The minimum Gasteiger partial charge on any atom is -0.487 e. The third-order valence-corrected chi connectivity index (χ3v) is 2.67. The van der Waals surface area contributed by atoms with E-state index >= 15 is 0 Å². The highest BCUT2D eigenvalue weighted by Crippen LogP contribution is 2.18. The van der Waals surface area contributed by atoms with Gasteiger partial charge >= 0.3 is 0 Å². The van der Waals surface area contributed by atoms with Crippen LogP contribution in [0.3, 0.4) is 0 Å². The van der Waals surface area contributed by atoms with Gasteiger partial charge in [0.15, 0.2) is 0 Å². The molecule has 19 heavy (non-hydrogen) atoms.